The normalized spacial score (nSPS) is 32.6. The average molecular weight is 281 g/mol. The van der Waals surface area contributed by atoms with Crippen LogP contribution in [0.4, 0.5) is 0 Å². The zero-order valence-corrected chi connectivity index (χ0v) is 13.2. The molecule has 0 bridgehead atoms. The van der Waals surface area contributed by atoms with Crippen LogP contribution in [0.1, 0.15) is 51.9 Å². The van der Waals surface area contributed by atoms with Gasteiger partial charge in [0.15, 0.2) is 0 Å². The number of likely N-dealkylation sites (tertiary alicyclic amines) is 1. The van der Waals surface area contributed by atoms with Gasteiger partial charge in [-0.05, 0) is 70.6 Å². The highest BCUT2D eigenvalue weighted by atomic mass is 16.1. The van der Waals surface area contributed by atoms with Gasteiger partial charge in [0.05, 0.1) is 0 Å². The molecule has 1 saturated carbocycles. The number of carbonyl (C=O) groups excluding carboxylic acids is 1. The fourth-order valence-corrected chi connectivity index (χ4v) is 4.20. The number of rotatable bonds is 6. The Morgan fingerprint density at radius 3 is 2.60 bits per heavy atom. The lowest BCUT2D eigenvalue weighted by molar-refractivity contribution is -0.125. The minimum absolute atomic E-state index is 0.160. The molecular weight excluding hydrogens is 250 g/mol. The summed E-state index contributed by atoms with van der Waals surface area (Å²) in [5, 5.41) is 3.24. The third kappa shape index (κ3) is 3.17. The van der Waals surface area contributed by atoms with E-state index in [1.807, 2.05) is 7.05 Å². The van der Waals surface area contributed by atoms with Gasteiger partial charge in [-0.1, -0.05) is 19.8 Å². The van der Waals surface area contributed by atoms with Gasteiger partial charge in [0.2, 0.25) is 5.91 Å². The van der Waals surface area contributed by atoms with Crippen LogP contribution in [0.3, 0.4) is 0 Å². The molecule has 1 aliphatic heterocycles. The molecular formula is C16H31N3O. The second kappa shape index (κ2) is 6.90. The Bertz CT molecular complexity index is 326. The van der Waals surface area contributed by atoms with Crippen molar-refractivity contribution in [1.82, 2.24) is 10.2 Å². The molecule has 2 atom stereocenters. The maximum Gasteiger partial charge on any atom is 0.238 e. The van der Waals surface area contributed by atoms with Gasteiger partial charge >= 0.3 is 0 Å². The number of piperidine rings is 1. The summed E-state index contributed by atoms with van der Waals surface area (Å²) in [4.78, 5) is 14.4. The number of likely N-dealkylation sites (N-methyl/N-ethyl adjacent to an activating group) is 1. The summed E-state index contributed by atoms with van der Waals surface area (Å²) in [7, 11) is 1.88. The van der Waals surface area contributed by atoms with E-state index in [9.17, 15) is 4.79 Å². The van der Waals surface area contributed by atoms with Crippen molar-refractivity contribution in [2.75, 3.05) is 26.7 Å². The second-order valence-electron chi connectivity index (χ2n) is 6.66. The quantitative estimate of drug-likeness (QED) is 0.780. The molecule has 2 unspecified atom stereocenters. The number of nitrogens with zero attached hydrogens (tertiary/aromatic N) is 1. The highest BCUT2D eigenvalue weighted by molar-refractivity contribution is 5.85. The predicted octanol–water partition coefficient (Wildman–Crippen LogP) is 1.74. The topological polar surface area (TPSA) is 58.4 Å². The Labute approximate surface area is 123 Å². The monoisotopic (exact) mass is 281 g/mol. The SMILES string of the molecule is CCC1CCN(CCC2CCCC2(NC)C(N)=O)CC1. The maximum absolute atomic E-state index is 11.8. The molecule has 1 saturated heterocycles. The molecule has 0 aromatic rings. The molecule has 2 aliphatic rings. The summed E-state index contributed by atoms with van der Waals surface area (Å²) in [6.45, 7) is 5.88. The minimum atomic E-state index is -0.443. The molecule has 1 amide bonds. The van der Waals surface area contributed by atoms with E-state index >= 15 is 0 Å². The molecule has 4 heteroatoms. The van der Waals surface area contributed by atoms with Gasteiger partial charge in [0, 0.05) is 0 Å². The predicted molar refractivity (Wildman–Crippen MR) is 82.4 cm³/mol. The number of hydrogen-bond donors (Lipinski definition) is 2. The molecule has 2 rings (SSSR count). The van der Waals surface area contributed by atoms with Crippen LogP contribution < -0.4 is 11.1 Å². The Hall–Kier alpha value is -0.610. The van der Waals surface area contributed by atoms with Gasteiger partial charge < -0.3 is 16.0 Å². The van der Waals surface area contributed by atoms with E-state index in [0.717, 1.165) is 38.1 Å². The van der Waals surface area contributed by atoms with Gasteiger partial charge in [-0.2, -0.15) is 0 Å². The summed E-state index contributed by atoms with van der Waals surface area (Å²) < 4.78 is 0. The first-order valence-corrected chi connectivity index (χ1v) is 8.33. The van der Waals surface area contributed by atoms with Crippen LogP contribution >= 0.6 is 0 Å². The van der Waals surface area contributed by atoms with E-state index in [2.05, 4.69) is 17.1 Å². The lowest BCUT2D eigenvalue weighted by atomic mass is 9.83. The lowest BCUT2D eigenvalue weighted by Crippen LogP contribution is -2.57. The zero-order chi connectivity index (χ0) is 14.6. The fourth-order valence-electron chi connectivity index (χ4n) is 4.20. The van der Waals surface area contributed by atoms with Crippen molar-refractivity contribution in [3.63, 3.8) is 0 Å². The highest BCUT2D eigenvalue weighted by Crippen LogP contribution is 2.38. The first-order chi connectivity index (χ1) is 9.62. The number of primary amides is 1. The summed E-state index contributed by atoms with van der Waals surface area (Å²) >= 11 is 0. The average Bonchev–Trinajstić information content (AvgIpc) is 2.90. The van der Waals surface area contributed by atoms with Gasteiger partial charge in [-0.15, -0.1) is 0 Å². The van der Waals surface area contributed by atoms with Crippen LogP contribution in [-0.2, 0) is 4.79 Å². The fraction of sp³-hybridized carbons (Fsp3) is 0.938. The number of amides is 1. The van der Waals surface area contributed by atoms with Crippen LogP contribution in [0, 0.1) is 11.8 Å². The van der Waals surface area contributed by atoms with Crippen molar-refractivity contribution in [3.05, 3.63) is 0 Å². The van der Waals surface area contributed by atoms with Gasteiger partial charge in [0.25, 0.3) is 0 Å². The second-order valence-corrected chi connectivity index (χ2v) is 6.66. The number of carbonyl (C=O) groups is 1. The molecule has 0 aromatic heterocycles. The Morgan fingerprint density at radius 1 is 1.35 bits per heavy atom. The van der Waals surface area contributed by atoms with Crippen molar-refractivity contribution < 1.29 is 4.79 Å². The van der Waals surface area contributed by atoms with Crippen LogP contribution in [0.15, 0.2) is 0 Å². The lowest BCUT2D eigenvalue weighted by Gasteiger charge is -2.35. The Balaban J connectivity index is 1.83. The standard InChI is InChI=1S/C16H31N3O/c1-3-13-6-10-19(11-7-13)12-8-14-5-4-9-16(14,18-2)15(17)20/h13-14,18H,3-12H2,1-2H3,(H2,17,20). The first kappa shape index (κ1) is 15.8. The van der Waals surface area contributed by atoms with Crippen LogP contribution in [0.2, 0.25) is 0 Å². The Kier molecular flexibility index (Phi) is 5.44. The van der Waals surface area contributed by atoms with E-state index in [1.165, 1.54) is 32.4 Å². The molecule has 0 radical (unpaired) electrons. The number of nitrogens with one attached hydrogen (secondary N) is 1. The summed E-state index contributed by atoms with van der Waals surface area (Å²) in [5.74, 6) is 1.18. The molecule has 0 spiro atoms. The molecule has 3 N–H and O–H groups in total. The molecule has 0 aromatic carbocycles. The van der Waals surface area contributed by atoms with Gasteiger partial charge in [-0.25, -0.2) is 0 Å². The van der Waals surface area contributed by atoms with Crippen LogP contribution in [0.5, 0.6) is 0 Å². The van der Waals surface area contributed by atoms with Crippen molar-refractivity contribution in [2.24, 2.45) is 17.6 Å². The van der Waals surface area contributed by atoms with Gasteiger partial charge in [0.1, 0.15) is 5.54 Å². The molecule has 1 aliphatic carbocycles. The highest BCUT2D eigenvalue weighted by Gasteiger charge is 2.46. The van der Waals surface area contributed by atoms with E-state index in [4.69, 9.17) is 5.73 Å². The van der Waals surface area contributed by atoms with E-state index in [0.29, 0.717) is 5.92 Å². The van der Waals surface area contributed by atoms with Crippen LogP contribution in [-0.4, -0.2) is 43.0 Å². The maximum atomic E-state index is 11.8. The van der Waals surface area contributed by atoms with E-state index in [1.54, 1.807) is 0 Å². The van der Waals surface area contributed by atoms with Crippen molar-refractivity contribution in [1.29, 1.82) is 0 Å². The largest absolute Gasteiger partial charge is 0.368 e. The minimum Gasteiger partial charge on any atom is -0.368 e. The van der Waals surface area contributed by atoms with E-state index in [-0.39, 0.29) is 5.91 Å². The summed E-state index contributed by atoms with van der Waals surface area (Å²) in [5.41, 5.74) is 5.22. The van der Waals surface area contributed by atoms with Crippen LogP contribution in [0.25, 0.3) is 0 Å². The zero-order valence-electron chi connectivity index (χ0n) is 13.2. The third-order valence-corrected chi connectivity index (χ3v) is 5.78. The first-order valence-electron chi connectivity index (χ1n) is 8.33. The smallest absolute Gasteiger partial charge is 0.238 e. The van der Waals surface area contributed by atoms with Gasteiger partial charge in [-0.3, -0.25) is 4.79 Å². The molecule has 2 fully saturated rings. The van der Waals surface area contributed by atoms with Crippen molar-refractivity contribution >= 4 is 5.91 Å². The number of hydrogen-bond acceptors (Lipinski definition) is 3. The third-order valence-electron chi connectivity index (χ3n) is 5.78. The molecule has 4 nitrogen and oxygen atoms in total. The van der Waals surface area contributed by atoms with Crippen molar-refractivity contribution in [2.45, 2.75) is 57.4 Å². The van der Waals surface area contributed by atoms with E-state index < -0.39 is 5.54 Å². The number of nitrogens with two attached hydrogens (primary N) is 1. The van der Waals surface area contributed by atoms with Crippen molar-refractivity contribution in [3.8, 4) is 0 Å². The summed E-state index contributed by atoms with van der Waals surface area (Å²) in [6, 6.07) is 0. The molecule has 1 heterocycles. The molecule has 116 valence electrons. The Morgan fingerprint density at radius 2 is 2.05 bits per heavy atom. The molecule has 20 heavy (non-hydrogen) atoms. The summed E-state index contributed by atoms with van der Waals surface area (Å²) in [6.07, 6.45) is 8.26.